The lowest BCUT2D eigenvalue weighted by atomic mass is 9.77. The number of rotatable bonds is 16. The Bertz CT molecular complexity index is 2050. The first-order chi connectivity index (χ1) is 24.3. The van der Waals surface area contributed by atoms with E-state index < -0.39 is 31.3 Å². The molecule has 0 saturated carbocycles. The minimum absolute atomic E-state index is 0.0362. The van der Waals surface area contributed by atoms with Gasteiger partial charge < -0.3 is 33.5 Å². The third-order valence-electron chi connectivity index (χ3n) is 8.24. The molecule has 3 N–H and O–H groups in total. The average Bonchev–Trinajstić information content (AvgIpc) is 3.55. The van der Waals surface area contributed by atoms with Gasteiger partial charge >= 0.3 is 13.3 Å². The van der Waals surface area contributed by atoms with Gasteiger partial charge in [0.2, 0.25) is 0 Å². The number of nitrogens with zero attached hydrogens (tertiary/aromatic N) is 3. The van der Waals surface area contributed by atoms with Crippen molar-refractivity contribution in [2.45, 2.75) is 24.8 Å². The fourth-order valence-corrected chi connectivity index (χ4v) is 6.67. The van der Waals surface area contributed by atoms with Gasteiger partial charge in [-0.15, -0.1) is 0 Å². The number of aromatic nitrogens is 4. The second-order valence-corrected chi connectivity index (χ2v) is 13.4. The summed E-state index contributed by atoms with van der Waals surface area (Å²) in [6.45, 7) is 0.181. The number of ether oxygens (including phenoxy) is 3. The zero-order valence-electron chi connectivity index (χ0n) is 27.6. The predicted octanol–water partition coefficient (Wildman–Crippen LogP) is 5.92. The van der Waals surface area contributed by atoms with Crippen LogP contribution in [0.4, 0.5) is 5.82 Å². The number of imidazole rings is 1. The molecule has 0 fully saturated rings. The highest BCUT2D eigenvalue weighted by molar-refractivity contribution is 7.52. The van der Waals surface area contributed by atoms with E-state index in [9.17, 15) is 14.3 Å². The zero-order chi connectivity index (χ0) is 35.0. The number of fused-ring (bicyclic) bond motifs is 1. The van der Waals surface area contributed by atoms with Gasteiger partial charge in [0, 0.05) is 7.11 Å². The molecule has 0 amide bonds. The molecule has 2 atom stereocenters. The summed E-state index contributed by atoms with van der Waals surface area (Å²) in [6.07, 6.45) is 0.301. The Labute approximate surface area is 289 Å². The van der Waals surface area contributed by atoms with Crippen molar-refractivity contribution < 1.29 is 28.2 Å². The fraction of sp³-hybridized carbons (Fsp3) is 0.216. The lowest BCUT2D eigenvalue weighted by molar-refractivity contribution is 0.00222. The van der Waals surface area contributed by atoms with Gasteiger partial charge in [-0.3, -0.25) is 9.55 Å². The van der Waals surface area contributed by atoms with E-state index in [2.05, 4.69) is 20.3 Å². The van der Waals surface area contributed by atoms with Crippen molar-refractivity contribution in [3.63, 3.8) is 0 Å². The molecule has 0 bridgehead atoms. The Morgan fingerprint density at radius 3 is 2.08 bits per heavy atom. The molecular formula is C37H38N5O7P. The summed E-state index contributed by atoms with van der Waals surface area (Å²) in [6, 6.07) is 36.7. The molecule has 50 heavy (non-hydrogen) atoms. The van der Waals surface area contributed by atoms with Crippen LogP contribution in [0, 0.1) is 0 Å². The van der Waals surface area contributed by atoms with Crippen LogP contribution in [0.1, 0.15) is 22.3 Å². The number of benzene rings is 4. The van der Waals surface area contributed by atoms with E-state index in [0.717, 1.165) is 22.3 Å². The summed E-state index contributed by atoms with van der Waals surface area (Å²) in [5, 5.41) is 3.67. The second-order valence-electron chi connectivity index (χ2n) is 11.6. The maximum absolute atomic E-state index is 13.2. The molecule has 2 aromatic heterocycles. The Kier molecular flexibility index (Phi) is 10.9. The largest absolute Gasteiger partial charge is 0.497 e. The summed E-state index contributed by atoms with van der Waals surface area (Å²) in [5.41, 5.74) is 2.59. The lowest BCUT2D eigenvalue weighted by Crippen LogP contribution is -2.39. The Balaban J connectivity index is 1.34. The molecule has 6 rings (SSSR count). The van der Waals surface area contributed by atoms with Crippen LogP contribution in [0.2, 0.25) is 0 Å². The molecule has 2 heterocycles. The number of nitrogens with one attached hydrogen (secondary N) is 2. The molecule has 6 aromatic rings. The topological polar surface area (TPSA) is 150 Å². The molecular weight excluding hydrogens is 657 g/mol. The van der Waals surface area contributed by atoms with Crippen LogP contribution < -0.4 is 15.7 Å². The highest BCUT2D eigenvalue weighted by atomic mass is 31.2. The highest BCUT2D eigenvalue weighted by Gasteiger charge is 2.37. The Morgan fingerprint density at radius 1 is 0.880 bits per heavy atom. The van der Waals surface area contributed by atoms with Crippen molar-refractivity contribution in [1.29, 1.82) is 0 Å². The van der Waals surface area contributed by atoms with Gasteiger partial charge in [-0.2, -0.15) is 4.98 Å². The van der Waals surface area contributed by atoms with E-state index in [0.29, 0.717) is 22.7 Å². The first-order valence-electron chi connectivity index (χ1n) is 15.9. The maximum Gasteiger partial charge on any atom is 0.353 e. The van der Waals surface area contributed by atoms with Gasteiger partial charge in [0.25, 0.3) is 0 Å². The molecule has 0 spiro atoms. The Hall–Kier alpha value is -5.10. The van der Waals surface area contributed by atoms with Crippen molar-refractivity contribution in [3.05, 3.63) is 154 Å². The van der Waals surface area contributed by atoms with Gasteiger partial charge in [-0.25, -0.2) is 9.78 Å². The second kappa shape index (κ2) is 15.6. The molecule has 0 aliphatic heterocycles. The summed E-state index contributed by atoms with van der Waals surface area (Å²) in [7, 11) is -0.974. The number of aromatic amines is 1. The minimum Gasteiger partial charge on any atom is -0.497 e. The minimum atomic E-state index is -4.10. The van der Waals surface area contributed by atoms with Crippen LogP contribution in [-0.4, -0.2) is 57.7 Å². The highest BCUT2D eigenvalue weighted by Crippen LogP contribution is 2.43. The first-order valence-corrected chi connectivity index (χ1v) is 17.7. The van der Waals surface area contributed by atoms with Gasteiger partial charge in [0.1, 0.15) is 29.0 Å². The Morgan fingerprint density at radius 2 is 1.48 bits per heavy atom. The van der Waals surface area contributed by atoms with Crippen molar-refractivity contribution in [2.24, 2.45) is 0 Å². The quantitative estimate of drug-likeness (QED) is 0.0823. The first kappa shape index (κ1) is 34.8. The van der Waals surface area contributed by atoms with E-state index in [1.165, 1.54) is 7.11 Å². The van der Waals surface area contributed by atoms with Gasteiger partial charge in [0.15, 0.2) is 5.65 Å². The van der Waals surface area contributed by atoms with Gasteiger partial charge in [0.05, 0.1) is 39.3 Å². The van der Waals surface area contributed by atoms with E-state index in [-0.39, 0.29) is 19.8 Å². The number of hydrogen-bond acceptors (Lipinski definition) is 9. The number of methoxy groups -OCH3 is 2. The van der Waals surface area contributed by atoms with Crippen LogP contribution >= 0.6 is 7.60 Å². The monoisotopic (exact) mass is 695 g/mol. The van der Waals surface area contributed by atoms with E-state index in [1.807, 2.05) is 103 Å². The third kappa shape index (κ3) is 7.86. The fourth-order valence-electron chi connectivity index (χ4n) is 5.85. The normalized spacial score (nSPS) is 13.5. The van der Waals surface area contributed by atoms with Crippen molar-refractivity contribution >= 4 is 24.6 Å². The molecule has 0 aliphatic carbocycles. The van der Waals surface area contributed by atoms with E-state index >= 15 is 0 Å². The number of anilines is 1. The van der Waals surface area contributed by atoms with E-state index in [4.69, 9.17) is 18.7 Å². The predicted molar refractivity (Wildman–Crippen MR) is 190 cm³/mol. The number of hydrogen-bond donors (Lipinski definition) is 3. The van der Waals surface area contributed by atoms with Crippen molar-refractivity contribution in [3.8, 4) is 5.75 Å². The van der Waals surface area contributed by atoms with Crippen LogP contribution in [0.25, 0.3) is 11.2 Å². The smallest absolute Gasteiger partial charge is 0.353 e. The molecule has 0 radical (unpaired) electrons. The van der Waals surface area contributed by atoms with Crippen LogP contribution in [0.5, 0.6) is 5.75 Å². The molecule has 258 valence electrons. The molecule has 0 saturated heterocycles. The average molecular weight is 696 g/mol. The van der Waals surface area contributed by atoms with Gasteiger partial charge in [-0.1, -0.05) is 103 Å². The lowest BCUT2D eigenvalue weighted by Gasteiger charge is -2.37. The number of H-pyrrole nitrogens is 1. The van der Waals surface area contributed by atoms with Gasteiger partial charge in [-0.05, 0) is 34.4 Å². The summed E-state index contributed by atoms with van der Waals surface area (Å²) >= 11 is 0. The summed E-state index contributed by atoms with van der Waals surface area (Å²) in [4.78, 5) is 35.4. The molecule has 4 aromatic carbocycles. The summed E-state index contributed by atoms with van der Waals surface area (Å²) < 4.78 is 36.4. The molecule has 1 unspecified atom stereocenters. The van der Waals surface area contributed by atoms with Crippen molar-refractivity contribution in [1.82, 2.24) is 19.5 Å². The van der Waals surface area contributed by atoms with Crippen LogP contribution in [-0.2, 0) is 37.3 Å². The molecule has 13 heteroatoms. The maximum atomic E-state index is 13.2. The van der Waals surface area contributed by atoms with Crippen LogP contribution in [0.15, 0.2) is 126 Å². The van der Waals surface area contributed by atoms with E-state index in [1.54, 1.807) is 30.1 Å². The molecule has 12 nitrogen and oxygen atoms in total. The zero-order valence-corrected chi connectivity index (χ0v) is 28.5. The third-order valence-corrected chi connectivity index (χ3v) is 9.25. The molecule has 0 aliphatic rings. The van der Waals surface area contributed by atoms with Crippen molar-refractivity contribution in [2.75, 3.05) is 32.5 Å². The standard InChI is InChI=1S/C37H38N5O7P/c1-46-24-32(48-26-50(44,45)49-23-27-12-6-3-7-13-27)22-42-25-38-33-34(39-36(43)40-35(33)42)41-37(28-14-8-4-9-15-28,29-16-10-5-11-17-29)30-18-20-31(47-2)21-19-30/h3-21,25,32H,22-24,26H2,1-2H3,(H,44,45)(H2,39,40,41,43)/t32-/m0/s1. The van der Waals surface area contributed by atoms with Crippen LogP contribution in [0.3, 0.4) is 0 Å². The SMILES string of the molecule is COC[C@H](Cn1cnc2c(NC(c3ccccc3)(c3ccccc3)c3ccc(OC)cc3)[nH]c(=O)nc21)OCP(=O)(O)OCc1ccccc1. The summed E-state index contributed by atoms with van der Waals surface area (Å²) in [5.74, 6) is 1.05.